The summed E-state index contributed by atoms with van der Waals surface area (Å²) in [7, 11) is 1.75. The number of likely N-dealkylation sites (tertiary alicyclic amines) is 1. The van der Waals surface area contributed by atoms with Crippen LogP contribution in [0.2, 0.25) is 0 Å². The smallest absolute Gasteiger partial charge is 0.327 e. The Morgan fingerprint density at radius 2 is 2.04 bits per heavy atom. The Hall–Kier alpha value is -1.73. The summed E-state index contributed by atoms with van der Waals surface area (Å²) in [6.45, 7) is 4.54. The Balaban J connectivity index is 1.55. The van der Waals surface area contributed by atoms with Gasteiger partial charge in [-0.15, -0.1) is 0 Å². The molecule has 1 saturated carbocycles. The van der Waals surface area contributed by atoms with Gasteiger partial charge in [0.25, 0.3) is 0 Å². The van der Waals surface area contributed by atoms with Crippen LogP contribution in [0.3, 0.4) is 0 Å². The Kier molecular flexibility index (Phi) is 5.54. The van der Waals surface area contributed by atoms with Crippen molar-refractivity contribution < 1.29 is 14.1 Å². The van der Waals surface area contributed by atoms with Gasteiger partial charge in [0.15, 0.2) is 0 Å². The van der Waals surface area contributed by atoms with Crippen LogP contribution in [0.15, 0.2) is 12.1 Å². The zero-order valence-electron chi connectivity index (χ0n) is 14.8. The molecule has 0 unspecified atom stereocenters. The lowest BCUT2D eigenvalue weighted by atomic mass is 9.79. The summed E-state index contributed by atoms with van der Waals surface area (Å²) < 4.78 is 19.1. The average Bonchev–Trinajstić information content (AvgIpc) is 2.50. The maximum atomic E-state index is 13.9. The molecule has 2 aliphatic rings. The molecule has 1 aromatic carbocycles. The number of nitrogens with one attached hydrogen (secondary N) is 1. The van der Waals surface area contributed by atoms with Crippen LogP contribution >= 0.6 is 0 Å². The minimum absolute atomic E-state index is 0.144. The van der Waals surface area contributed by atoms with Crippen LogP contribution in [0.25, 0.3) is 0 Å². The van der Waals surface area contributed by atoms with Crippen molar-refractivity contribution in [1.29, 1.82) is 0 Å². The number of hydrogen-bond donors (Lipinski definition) is 1. The third-order valence-corrected chi connectivity index (χ3v) is 5.41. The second kappa shape index (κ2) is 7.66. The van der Waals surface area contributed by atoms with Crippen molar-refractivity contribution in [1.82, 2.24) is 4.90 Å². The summed E-state index contributed by atoms with van der Waals surface area (Å²) in [6.07, 6.45) is 4.22. The highest BCUT2D eigenvalue weighted by molar-refractivity contribution is 5.64. The fourth-order valence-corrected chi connectivity index (χ4v) is 4.03. The van der Waals surface area contributed by atoms with Crippen molar-refractivity contribution in [3.63, 3.8) is 0 Å². The van der Waals surface area contributed by atoms with E-state index in [0.29, 0.717) is 23.2 Å². The van der Waals surface area contributed by atoms with E-state index in [1.54, 1.807) is 20.1 Å². The van der Waals surface area contributed by atoms with Crippen LogP contribution in [0.1, 0.15) is 31.2 Å². The van der Waals surface area contributed by atoms with Crippen molar-refractivity contribution in [3.8, 4) is 0 Å². The van der Waals surface area contributed by atoms with E-state index >= 15 is 0 Å². The van der Waals surface area contributed by atoms with Gasteiger partial charge >= 0.3 is 5.69 Å². The Bertz CT molecular complexity index is 626. The topological polar surface area (TPSA) is 67.6 Å². The van der Waals surface area contributed by atoms with Crippen LogP contribution in [0, 0.1) is 28.8 Å². The molecule has 0 amide bonds. The SMILES string of the molecule is COCC1CC(N2CCC(Nc3cc(C)cc(F)c3[N+](=O)[O-])CC2)C1. The Labute approximate surface area is 147 Å². The third-order valence-electron chi connectivity index (χ3n) is 5.41. The first-order valence-corrected chi connectivity index (χ1v) is 8.92. The molecular formula is C18H26FN3O3. The van der Waals surface area contributed by atoms with Gasteiger partial charge in [-0.25, -0.2) is 0 Å². The number of benzene rings is 1. The number of halogens is 1. The molecule has 0 atom stereocenters. The maximum absolute atomic E-state index is 13.9. The summed E-state index contributed by atoms with van der Waals surface area (Å²) in [5, 5.41) is 14.4. The highest BCUT2D eigenvalue weighted by atomic mass is 19.1. The number of aryl methyl sites for hydroxylation is 1. The molecule has 138 valence electrons. The molecular weight excluding hydrogens is 325 g/mol. The van der Waals surface area contributed by atoms with E-state index in [4.69, 9.17) is 4.74 Å². The molecule has 2 fully saturated rings. The summed E-state index contributed by atoms with van der Waals surface area (Å²) in [4.78, 5) is 13.0. The standard InChI is InChI=1S/C18H26FN3O3/c1-12-7-16(19)18(22(23)24)17(8-12)20-14-3-5-21(6-4-14)15-9-13(10-15)11-25-2/h7-8,13-15,20H,3-6,9-11H2,1-2H3. The van der Waals surface area contributed by atoms with E-state index in [2.05, 4.69) is 10.2 Å². The fourth-order valence-electron chi connectivity index (χ4n) is 4.03. The van der Waals surface area contributed by atoms with Crippen molar-refractivity contribution in [2.45, 2.75) is 44.7 Å². The number of nitro groups is 1. The van der Waals surface area contributed by atoms with Crippen LogP contribution in [-0.2, 0) is 4.74 Å². The third kappa shape index (κ3) is 4.10. The summed E-state index contributed by atoms with van der Waals surface area (Å²) in [5.74, 6) is -0.0904. The lowest BCUT2D eigenvalue weighted by Crippen LogP contribution is -2.50. The number of nitro benzene ring substituents is 1. The number of piperidine rings is 1. The highest BCUT2D eigenvalue weighted by Gasteiger charge is 2.35. The average molecular weight is 351 g/mol. The van der Waals surface area contributed by atoms with E-state index in [1.165, 1.54) is 18.9 Å². The minimum atomic E-state index is -0.774. The maximum Gasteiger partial charge on any atom is 0.327 e. The molecule has 25 heavy (non-hydrogen) atoms. The molecule has 0 bridgehead atoms. The molecule has 3 rings (SSSR count). The molecule has 1 N–H and O–H groups in total. The van der Waals surface area contributed by atoms with Crippen LogP contribution in [-0.4, -0.2) is 48.7 Å². The van der Waals surface area contributed by atoms with E-state index in [-0.39, 0.29) is 6.04 Å². The Morgan fingerprint density at radius 1 is 1.36 bits per heavy atom. The number of ether oxygens (including phenoxy) is 1. The largest absolute Gasteiger partial charge is 0.384 e. The van der Waals surface area contributed by atoms with E-state index < -0.39 is 16.4 Å². The Morgan fingerprint density at radius 3 is 2.64 bits per heavy atom. The molecule has 1 saturated heterocycles. The first-order valence-electron chi connectivity index (χ1n) is 8.92. The quantitative estimate of drug-likeness (QED) is 0.629. The minimum Gasteiger partial charge on any atom is -0.384 e. The van der Waals surface area contributed by atoms with E-state index in [9.17, 15) is 14.5 Å². The predicted molar refractivity (Wildman–Crippen MR) is 94.4 cm³/mol. The second-order valence-electron chi connectivity index (χ2n) is 7.30. The second-order valence-corrected chi connectivity index (χ2v) is 7.30. The molecule has 7 heteroatoms. The van der Waals surface area contributed by atoms with Crippen molar-refractivity contribution >= 4 is 11.4 Å². The van der Waals surface area contributed by atoms with Gasteiger partial charge in [0.1, 0.15) is 5.69 Å². The zero-order chi connectivity index (χ0) is 18.0. The van der Waals surface area contributed by atoms with Crippen molar-refractivity contribution in [2.75, 3.05) is 32.1 Å². The fraction of sp³-hybridized carbons (Fsp3) is 0.667. The van der Waals surface area contributed by atoms with Crippen molar-refractivity contribution in [2.24, 2.45) is 5.92 Å². The van der Waals surface area contributed by atoms with E-state index in [0.717, 1.165) is 32.5 Å². The number of rotatable bonds is 6. The number of anilines is 1. The number of nitrogens with zero attached hydrogens (tertiary/aromatic N) is 2. The molecule has 1 aliphatic heterocycles. The first-order chi connectivity index (χ1) is 12.0. The molecule has 1 heterocycles. The zero-order valence-corrected chi connectivity index (χ0v) is 14.8. The van der Waals surface area contributed by atoms with E-state index in [1.807, 2.05) is 0 Å². The van der Waals surface area contributed by atoms with Crippen LogP contribution in [0.5, 0.6) is 0 Å². The summed E-state index contributed by atoms with van der Waals surface area (Å²) in [5.41, 5.74) is 0.529. The first kappa shape index (κ1) is 18.1. The van der Waals surface area contributed by atoms with Gasteiger partial charge in [-0.1, -0.05) is 0 Å². The van der Waals surface area contributed by atoms with Gasteiger partial charge in [0.2, 0.25) is 5.82 Å². The van der Waals surface area contributed by atoms with Gasteiger partial charge in [-0.3, -0.25) is 10.1 Å². The monoisotopic (exact) mass is 351 g/mol. The predicted octanol–water partition coefficient (Wildman–Crippen LogP) is 3.34. The molecule has 0 radical (unpaired) electrons. The van der Waals surface area contributed by atoms with Crippen LogP contribution in [0.4, 0.5) is 15.8 Å². The summed E-state index contributed by atoms with van der Waals surface area (Å²) in [6, 6.07) is 3.66. The molecule has 6 nitrogen and oxygen atoms in total. The number of methoxy groups -OCH3 is 1. The molecule has 1 aromatic rings. The summed E-state index contributed by atoms with van der Waals surface area (Å²) >= 11 is 0. The van der Waals surface area contributed by atoms with Gasteiger partial charge in [0.05, 0.1) is 4.92 Å². The lowest BCUT2D eigenvalue weighted by molar-refractivity contribution is -0.386. The van der Waals surface area contributed by atoms with Gasteiger partial charge in [-0.2, -0.15) is 4.39 Å². The molecule has 0 aromatic heterocycles. The van der Waals surface area contributed by atoms with Crippen LogP contribution < -0.4 is 5.32 Å². The van der Waals surface area contributed by atoms with Gasteiger partial charge < -0.3 is 15.0 Å². The van der Waals surface area contributed by atoms with Crippen molar-refractivity contribution in [3.05, 3.63) is 33.6 Å². The number of hydrogen-bond acceptors (Lipinski definition) is 5. The molecule has 0 spiro atoms. The highest BCUT2D eigenvalue weighted by Crippen LogP contribution is 2.35. The van der Waals surface area contributed by atoms with Gasteiger partial charge in [-0.05, 0) is 56.2 Å². The van der Waals surface area contributed by atoms with Gasteiger partial charge in [0, 0.05) is 38.9 Å². The lowest BCUT2D eigenvalue weighted by Gasteiger charge is -2.45. The normalized spacial score (nSPS) is 24.8. The molecule has 1 aliphatic carbocycles.